The van der Waals surface area contributed by atoms with Gasteiger partial charge in [0.25, 0.3) is 0 Å². The number of rotatable bonds is 5. The van der Waals surface area contributed by atoms with Gasteiger partial charge >= 0.3 is 5.97 Å². The molecule has 0 radical (unpaired) electrons. The number of amides is 1. The molecule has 0 spiro atoms. The maximum Gasteiger partial charge on any atom is 0.305 e. The zero-order chi connectivity index (χ0) is 14.6. The minimum absolute atomic E-state index is 0.0920. The zero-order valence-corrected chi connectivity index (χ0v) is 11.2. The Balaban J connectivity index is 2.14. The molecule has 0 heterocycles. The van der Waals surface area contributed by atoms with E-state index in [1.165, 1.54) is 12.1 Å². The predicted octanol–water partition coefficient (Wildman–Crippen LogP) is 2.23. The minimum atomic E-state index is -0.937. The Morgan fingerprint density at radius 1 is 1.20 bits per heavy atom. The van der Waals surface area contributed by atoms with Gasteiger partial charge in [-0.25, -0.2) is 4.39 Å². The van der Waals surface area contributed by atoms with E-state index >= 15 is 0 Å². The summed E-state index contributed by atoms with van der Waals surface area (Å²) < 4.78 is 13.0. The van der Waals surface area contributed by atoms with Crippen LogP contribution in [0.3, 0.4) is 0 Å². The molecular formula is C15H18FNO3. The normalized spacial score (nSPS) is 16.9. The highest BCUT2D eigenvalue weighted by atomic mass is 19.1. The van der Waals surface area contributed by atoms with E-state index in [0.717, 1.165) is 31.2 Å². The van der Waals surface area contributed by atoms with Gasteiger partial charge in [-0.15, -0.1) is 0 Å². The van der Waals surface area contributed by atoms with Crippen LogP contribution in [-0.2, 0) is 15.0 Å². The van der Waals surface area contributed by atoms with Gasteiger partial charge in [-0.05, 0) is 30.5 Å². The van der Waals surface area contributed by atoms with Crippen LogP contribution in [0.5, 0.6) is 0 Å². The average Bonchev–Trinajstić information content (AvgIpc) is 2.89. The molecular weight excluding hydrogens is 261 g/mol. The number of aliphatic carboxylic acids is 1. The van der Waals surface area contributed by atoms with Gasteiger partial charge in [0.1, 0.15) is 5.82 Å². The Kier molecular flexibility index (Phi) is 4.37. The molecule has 0 aromatic heterocycles. The summed E-state index contributed by atoms with van der Waals surface area (Å²) in [6, 6.07) is 6.02. The van der Waals surface area contributed by atoms with Crippen molar-refractivity contribution in [2.24, 2.45) is 0 Å². The van der Waals surface area contributed by atoms with E-state index in [0.29, 0.717) is 0 Å². The molecule has 1 fully saturated rings. The van der Waals surface area contributed by atoms with Crippen molar-refractivity contribution < 1.29 is 19.1 Å². The summed E-state index contributed by atoms with van der Waals surface area (Å²) >= 11 is 0. The van der Waals surface area contributed by atoms with Crippen LogP contribution in [0, 0.1) is 5.82 Å². The highest BCUT2D eigenvalue weighted by Crippen LogP contribution is 2.41. The van der Waals surface area contributed by atoms with Crippen LogP contribution in [0.15, 0.2) is 24.3 Å². The number of hydrogen-bond donors (Lipinski definition) is 2. The van der Waals surface area contributed by atoms with Crippen molar-refractivity contribution in [3.8, 4) is 0 Å². The number of carbonyl (C=O) groups excluding carboxylic acids is 1. The molecule has 20 heavy (non-hydrogen) atoms. The Bertz CT molecular complexity index is 492. The summed E-state index contributed by atoms with van der Waals surface area (Å²) in [6.45, 7) is 0.122. The first-order valence-corrected chi connectivity index (χ1v) is 6.81. The number of carboxylic acids is 1. The van der Waals surface area contributed by atoms with Crippen LogP contribution in [-0.4, -0.2) is 23.5 Å². The van der Waals surface area contributed by atoms with Crippen LogP contribution < -0.4 is 5.32 Å². The number of carbonyl (C=O) groups is 2. The zero-order valence-electron chi connectivity index (χ0n) is 11.2. The van der Waals surface area contributed by atoms with E-state index in [4.69, 9.17) is 5.11 Å². The summed E-state index contributed by atoms with van der Waals surface area (Å²) in [4.78, 5) is 22.9. The third kappa shape index (κ3) is 2.98. The van der Waals surface area contributed by atoms with E-state index in [1.54, 1.807) is 12.1 Å². The smallest absolute Gasteiger partial charge is 0.305 e. The minimum Gasteiger partial charge on any atom is -0.481 e. The number of halogens is 1. The number of hydrogen-bond acceptors (Lipinski definition) is 2. The van der Waals surface area contributed by atoms with Crippen LogP contribution >= 0.6 is 0 Å². The lowest BCUT2D eigenvalue weighted by Gasteiger charge is -2.28. The van der Waals surface area contributed by atoms with Crippen molar-refractivity contribution in [1.29, 1.82) is 0 Å². The SMILES string of the molecule is O=C(O)CCNC(=O)C1(c2ccc(F)cc2)CCCC1. The fourth-order valence-electron chi connectivity index (χ4n) is 2.85. The van der Waals surface area contributed by atoms with Crippen LogP contribution in [0.1, 0.15) is 37.7 Å². The van der Waals surface area contributed by atoms with Crippen LogP contribution in [0.2, 0.25) is 0 Å². The molecule has 4 nitrogen and oxygen atoms in total. The molecule has 0 bridgehead atoms. The van der Waals surface area contributed by atoms with Crippen molar-refractivity contribution in [2.45, 2.75) is 37.5 Å². The average molecular weight is 279 g/mol. The molecule has 0 unspecified atom stereocenters. The van der Waals surface area contributed by atoms with Gasteiger partial charge in [0.2, 0.25) is 5.91 Å². The molecule has 0 atom stereocenters. The molecule has 0 aliphatic heterocycles. The third-order valence-electron chi connectivity index (χ3n) is 3.91. The monoisotopic (exact) mass is 279 g/mol. The standard InChI is InChI=1S/C15H18FNO3/c16-12-5-3-11(4-6-12)15(8-1-2-9-15)14(20)17-10-7-13(18)19/h3-6H,1-2,7-10H2,(H,17,20)(H,18,19). The Labute approximate surface area is 117 Å². The first kappa shape index (κ1) is 14.5. The molecule has 1 aromatic carbocycles. The van der Waals surface area contributed by atoms with Crippen molar-refractivity contribution in [2.75, 3.05) is 6.54 Å². The molecule has 1 aliphatic rings. The molecule has 2 rings (SSSR count). The van der Waals surface area contributed by atoms with Crippen molar-refractivity contribution >= 4 is 11.9 Å². The largest absolute Gasteiger partial charge is 0.481 e. The number of nitrogens with one attached hydrogen (secondary N) is 1. The summed E-state index contributed by atoms with van der Waals surface area (Å²) in [5.41, 5.74) is 0.177. The Hall–Kier alpha value is -1.91. The van der Waals surface area contributed by atoms with Crippen molar-refractivity contribution in [3.05, 3.63) is 35.6 Å². The fraction of sp³-hybridized carbons (Fsp3) is 0.467. The lowest BCUT2D eigenvalue weighted by molar-refractivity contribution is -0.137. The molecule has 0 saturated heterocycles. The van der Waals surface area contributed by atoms with Crippen LogP contribution in [0.4, 0.5) is 4.39 Å². The fourth-order valence-corrected chi connectivity index (χ4v) is 2.85. The van der Waals surface area contributed by atoms with Gasteiger partial charge < -0.3 is 10.4 Å². The van der Waals surface area contributed by atoms with Gasteiger partial charge in [-0.2, -0.15) is 0 Å². The third-order valence-corrected chi connectivity index (χ3v) is 3.91. The molecule has 1 saturated carbocycles. The summed E-state index contributed by atoms with van der Waals surface area (Å²) in [5.74, 6) is -1.41. The first-order chi connectivity index (χ1) is 9.54. The summed E-state index contributed by atoms with van der Waals surface area (Å²) in [6.07, 6.45) is 3.24. The van der Waals surface area contributed by atoms with Gasteiger partial charge in [-0.3, -0.25) is 9.59 Å². The van der Waals surface area contributed by atoms with E-state index in [9.17, 15) is 14.0 Å². The molecule has 1 amide bonds. The highest BCUT2D eigenvalue weighted by Gasteiger charge is 2.42. The maximum absolute atomic E-state index is 13.0. The predicted molar refractivity (Wildman–Crippen MR) is 71.8 cm³/mol. The van der Waals surface area contributed by atoms with Gasteiger partial charge in [-0.1, -0.05) is 25.0 Å². The quantitative estimate of drug-likeness (QED) is 0.868. The van der Waals surface area contributed by atoms with Crippen molar-refractivity contribution in [3.63, 3.8) is 0 Å². The second-order valence-corrected chi connectivity index (χ2v) is 5.20. The number of carboxylic acid groups (broad SMARTS) is 1. The van der Waals surface area contributed by atoms with E-state index < -0.39 is 11.4 Å². The topological polar surface area (TPSA) is 66.4 Å². The summed E-state index contributed by atoms with van der Waals surface area (Å²) in [7, 11) is 0. The lowest BCUT2D eigenvalue weighted by atomic mass is 9.78. The van der Waals surface area contributed by atoms with Gasteiger partial charge in [0.15, 0.2) is 0 Å². The van der Waals surface area contributed by atoms with Gasteiger partial charge in [0.05, 0.1) is 11.8 Å². The summed E-state index contributed by atoms with van der Waals surface area (Å²) in [5, 5.41) is 11.3. The molecule has 1 aromatic rings. The van der Waals surface area contributed by atoms with Crippen molar-refractivity contribution in [1.82, 2.24) is 5.32 Å². The van der Waals surface area contributed by atoms with Gasteiger partial charge in [0, 0.05) is 6.54 Å². The van der Waals surface area contributed by atoms with E-state index in [1.807, 2.05) is 0 Å². The molecule has 2 N–H and O–H groups in total. The lowest BCUT2D eigenvalue weighted by Crippen LogP contribution is -2.43. The Morgan fingerprint density at radius 3 is 2.35 bits per heavy atom. The Morgan fingerprint density at radius 2 is 1.80 bits per heavy atom. The molecule has 5 heteroatoms. The molecule has 108 valence electrons. The maximum atomic E-state index is 13.0. The second-order valence-electron chi connectivity index (χ2n) is 5.20. The highest BCUT2D eigenvalue weighted by molar-refractivity contribution is 5.88. The van der Waals surface area contributed by atoms with E-state index in [-0.39, 0.29) is 24.7 Å². The first-order valence-electron chi connectivity index (χ1n) is 6.81. The number of benzene rings is 1. The molecule has 1 aliphatic carbocycles. The second kappa shape index (κ2) is 6.03. The van der Waals surface area contributed by atoms with E-state index in [2.05, 4.69) is 5.32 Å². The van der Waals surface area contributed by atoms with Crippen LogP contribution in [0.25, 0.3) is 0 Å².